The lowest BCUT2D eigenvalue weighted by molar-refractivity contribution is -0.172. The highest BCUT2D eigenvalue weighted by atomic mass is 16.6. The summed E-state index contributed by atoms with van der Waals surface area (Å²) in [6.07, 6.45) is -13.7. The fraction of sp³-hybridized carbons (Fsp3) is 0.667. The Morgan fingerprint density at radius 1 is 0.425 bits per heavy atom. The molecule has 8 heterocycles. The number of benzene rings is 2. The summed E-state index contributed by atoms with van der Waals surface area (Å²) in [7, 11) is 0. The molecule has 2 aromatic rings. The van der Waals surface area contributed by atoms with Crippen molar-refractivity contribution in [2.75, 3.05) is 23.7 Å². The molecule has 6 fully saturated rings. The Kier molecular flexibility index (Phi) is 23.6. The standard InChI is InChI=1S/C72H104N14O20/c1-29(2)19-45-57(91)81-53(35(13)87)63(97)83-49(61(95)79-51(31(5)6)67(101)105-55(33(9)10)65(99)85-47(59(93)75-45)23-39(89)27-73-85)25-71(103)41-21-37(15-17-43(41)77-69(71)83)38-16-18-44-42(22-38)72(104)26-50-62(96)80-52(32(7)8)68(102)106-56(34(11)12)66(100)86-48(24-40(90)28-74-86)60(94)76-46(20-30(3)4)58(92)82-54(36(14)88)64(98)84(50)70(72)78-44/h15-18,21-22,29-36,39-40,45-56,69-70,73-74,77-78,87-90,103-104H,19-20,23-28H2,1-14H3,(H,75,93)(H,76,94)(H,79,95)(H,80,96)(H,81,91)(H,82,92)/t35-,36-,39+,40+,45-,46-,47+,48+,49-,50-,51+,52+,53+,54+,55-,56-,69-,70-,71+,72+/m1/s1. The van der Waals surface area contributed by atoms with E-state index in [9.17, 15) is 69.0 Å². The maximum Gasteiger partial charge on any atom is 0.329 e. The van der Waals surface area contributed by atoms with Crippen LogP contribution in [0.1, 0.15) is 147 Å². The molecule has 10 rings (SSSR count). The summed E-state index contributed by atoms with van der Waals surface area (Å²) in [6.45, 7) is 21.9. The zero-order valence-corrected chi connectivity index (χ0v) is 62.2. The van der Waals surface area contributed by atoms with Gasteiger partial charge in [-0.05, 0) is 97.6 Å². The number of nitrogens with zero attached hydrogens (tertiary/aromatic N) is 4. The van der Waals surface area contributed by atoms with Crippen LogP contribution in [0.25, 0.3) is 11.1 Å². The van der Waals surface area contributed by atoms with Crippen LogP contribution in [0, 0.1) is 35.5 Å². The second-order valence-electron chi connectivity index (χ2n) is 31.8. The van der Waals surface area contributed by atoms with Gasteiger partial charge in [-0.2, -0.15) is 0 Å². The number of hydrogen-bond acceptors (Lipinski definition) is 24. The summed E-state index contributed by atoms with van der Waals surface area (Å²) in [5.74, 6) is -15.1. The Morgan fingerprint density at radius 2 is 0.755 bits per heavy atom. The lowest BCUT2D eigenvalue weighted by Gasteiger charge is -2.40. The quantitative estimate of drug-likeness (QED) is 0.104. The van der Waals surface area contributed by atoms with Gasteiger partial charge in [-0.25, -0.2) is 20.4 Å². The number of ether oxygens (including phenoxy) is 2. The monoisotopic (exact) mass is 1480 g/mol. The van der Waals surface area contributed by atoms with E-state index in [1.54, 1.807) is 119 Å². The van der Waals surface area contributed by atoms with Crippen LogP contribution in [-0.2, 0) is 78.2 Å². The smallest absolute Gasteiger partial charge is 0.329 e. The summed E-state index contributed by atoms with van der Waals surface area (Å²) in [5, 5.41) is 95.6. The van der Waals surface area contributed by atoms with E-state index in [0.29, 0.717) is 11.1 Å². The molecule has 34 heteroatoms. The number of anilines is 2. The van der Waals surface area contributed by atoms with Gasteiger partial charge >= 0.3 is 11.9 Å². The second-order valence-corrected chi connectivity index (χ2v) is 31.8. The number of hydrogen-bond donors (Lipinski definition) is 16. The number of rotatable bonds is 11. The Bertz CT molecular complexity index is 3540. The van der Waals surface area contributed by atoms with Gasteiger partial charge in [0.2, 0.25) is 47.3 Å². The lowest BCUT2D eigenvalue weighted by Crippen LogP contribution is -2.67. The number of aliphatic hydroxyl groups excluding tert-OH is 4. The minimum atomic E-state index is -2.21. The highest BCUT2D eigenvalue weighted by molar-refractivity contribution is 6.01. The van der Waals surface area contributed by atoms with Crippen molar-refractivity contribution in [3.63, 3.8) is 0 Å². The zero-order chi connectivity index (χ0) is 77.9. The van der Waals surface area contributed by atoms with E-state index in [0.717, 1.165) is 19.8 Å². The van der Waals surface area contributed by atoms with Gasteiger partial charge in [-0.3, -0.25) is 58.0 Å². The second kappa shape index (κ2) is 31.3. The van der Waals surface area contributed by atoms with Gasteiger partial charge in [0.05, 0.1) is 24.4 Å². The minimum Gasteiger partial charge on any atom is -0.450 e. The molecule has 0 aliphatic carbocycles. The predicted molar refractivity (Wildman–Crippen MR) is 376 cm³/mol. The van der Waals surface area contributed by atoms with Crippen LogP contribution in [0.5, 0.6) is 0 Å². The van der Waals surface area contributed by atoms with Crippen LogP contribution in [-0.4, -0.2) is 244 Å². The third-order valence-electron chi connectivity index (χ3n) is 21.2. The van der Waals surface area contributed by atoms with E-state index < -0.39 is 228 Å². The molecule has 20 atom stereocenters. The van der Waals surface area contributed by atoms with Crippen LogP contribution in [0.4, 0.5) is 11.4 Å². The molecule has 0 saturated carbocycles. The summed E-state index contributed by atoms with van der Waals surface area (Å²) >= 11 is 0. The van der Waals surface area contributed by atoms with Crippen molar-refractivity contribution in [3.8, 4) is 11.1 Å². The van der Waals surface area contributed by atoms with Crippen LogP contribution in [0.2, 0.25) is 0 Å². The van der Waals surface area contributed by atoms with Gasteiger partial charge in [-0.15, -0.1) is 0 Å². The highest BCUT2D eigenvalue weighted by Crippen LogP contribution is 2.53. The number of cyclic esters (lactones) is 2. The third kappa shape index (κ3) is 15.6. The van der Waals surface area contributed by atoms with E-state index in [-0.39, 0.29) is 73.1 Å². The molecule has 0 aromatic heterocycles. The van der Waals surface area contributed by atoms with E-state index in [1.807, 2.05) is 0 Å². The Morgan fingerprint density at radius 3 is 1.07 bits per heavy atom. The number of nitrogens with one attached hydrogen (secondary N) is 10. The normalized spacial score (nSPS) is 33.7. The van der Waals surface area contributed by atoms with E-state index in [2.05, 4.69) is 53.4 Å². The first-order valence-electron chi connectivity index (χ1n) is 36.7. The van der Waals surface area contributed by atoms with Gasteiger partial charge in [0.25, 0.3) is 11.8 Å². The van der Waals surface area contributed by atoms with Crippen molar-refractivity contribution < 1.29 is 97.6 Å². The maximum atomic E-state index is 15.5. The van der Waals surface area contributed by atoms with Crippen molar-refractivity contribution in [1.82, 2.24) is 62.6 Å². The molecule has 8 aliphatic rings. The Hall–Kier alpha value is -8.64. The number of carbonyl (C=O) groups is 12. The summed E-state index contributed by atoms with van der Waals surface area (Å²) in [6, 6.07) is -6.29. The van der Waals surface area contributed by atoms with Gasteiger partial charge < -0.3 is 92.4 Å². The van der Waals surface area contributed by atoms with Crippen LogP contribution >= 0.6 is 0 Å². The molecule has 8 aliphatic heterocycles. The van der Waals surface area contributed by atoms with E-state index >= 15 is 19.2 Å². The zero-order valence-electron chi connectivity index (χ0n) is 62.2. The number of amides is 10. The molecular weight excluding hydrogens is 1380 g/mol. The molecule has 106 heavy (non-hydrogen) atoms. The first-order chi connectivity index (χ1) is 49.7. The van der Waals surface area contributed by atoms with Crippen molar-refractivity contribution in [1.29, 1.82) is 0 Å². The SMILES string of the molecule is CC(C)C[C@H]1NC(=O)[C@@H]2C[C@H](O)CNN2C(=O)[C@@H](C(C)C)OC(=O)[C@H](C(C)C)NC(=O)[C@H]2C[C@]3(O)c4cc(-c5ccc6c(c5)[C@@]5(O)C[C@@H]7C(=O)N[C@@H](C(C)C)C(=O)O[C@H](C(C)C)C(=O)N8NC[C@@H](O)C[C@H]8C(=O)N[C@H](CC(C)C)C(=O)N[C@@H]([C@@H](C)O)C(=O)N7[C@H]5N6)ccc4N[C@@H]3N2C(=O)[C@H]([C@@H](C)O)NC1=O. The molecule has 0 unspecified atom stereocenters. The van der Waals surface area contributed by atoms with E-state index in [4.69, 9.17) is 9.47 Å². The Labute approximate surface area is 614 Å². The predicted octanol–water partition coefficient (Wildman–Crippen LogP) is -2.40. The first-order valence-corrected chi connectivity index (χ1v) is 36.7. The number of fused-ring (bicyclic) bond motifs is 12. The maximum absolute atomic E-state index is 15.5. The summed E-state index contributed by atoms with van der Waals surface area (Å²) < 4.78 is 11.9. The van der Waals surface area contributed by atoms with E-state index in [1.165, 1.54) is 13.8 Å². The van der Waals surface area contributed by atoms with Crippen LogP contribution < -0.4 is 53.4 Å². The number of hydrazine groups is 2. The van der Waals surface area contributed by atoms with Gasteiger partial charge in [0, 0.05) is 61.3 Å². The lowest BCUT2D eigenvalue weighted by atomic mass is 9.86. The molecule has 34 nitrogen and oxygen atoms in total. The summed E-state index contributed by atoms with van der Waals surface area (Å²) in [5.41, 5.74) is 2.62. The largest absolute Gasteiger partial charge is 0.450 e. The summed E-state index contributed by atoms with van der Waals surface area (Å²) in [4.78, 5) is 180. The number of esters is 2. The van der Waals surface area contributed by atoms with Gasteiger partial charge in [0.15, 0.2) is 12.2 Å². The molecule has 0 bridgehead atoms. The van der Waals surface area contributed by atoms with Crippen molar-refractivity contribution >= 4 is 82.4 Å². The van der Waals surface area contributed by atoms with Crippen LogP contribution in [0.3, 0.4) is 0 Å². The fourth-order valence-corrected chi connectivity index (χ4v) is 15.5. The minimum absolute atomic E-state index is 0.0334. The molecule has 16 N–H and O–H groups in total. The average molecular weight is 1490 g/mol. The van der Waals surface area contributed by atoms with Gasteiger partial charge in [-0.1, -0.05) is 95.2 Å². The molecule has 582 valence electrons. The Balaban J connectivity index is 1.01. The molecule has 6 saturated heterocycles. The van der Waals surface area contributed by atoms with Crippen molar-refractivity contribution in [2.45, 2.75) is 256 Å². The van der Waals surface area contributed by atoms with Gasteiger partial charge in [0.1, 0.15) is 84.0 Å². The van der Waals surface area contributed by atoms with Crippen molar-refractivity contribution in [2.24, 2.45) is 35.5 Å². The first kappa shape index (κ1) is 79.9. The molecule has 2 aromatic carbocycles. The molecule has 10 amide bonds. The highest BCUT2D eigenvalue weighted by Gasteiger charge is 2.64. The average Bonchev–Trinajstić information content (AvgIpc) is 1.55. The molecule has 0 spiro atoms. The van der Waals surface area contributed by atoms with Crippen LogP contribution in [0.15, 0.2) is 36.4 Å². The topological polar surface area (TPSA) is 478 Å². The number of carbonyl (C=O) groups excluding carboxylic acids is 12. The fourth-order valence-electron chi connectivity index (χ4n) is 15.5. The molecule has 0 radical (unpaired) electrons. The number of aliphatic hydroxyl groups is 6. The third-order valence-corrected chi connectivity index (χ3v) is 21.2. The number of β-amino-alcohol motifs (C(OH)–C–C–N with tert-alkyl or cyclic N) is 2. The molecular formula is C72H104N14O20. The van der Waals surface area contributed by atoms with Crippen molar-refractivity contribution in [3.05, 3.63) is 47.5 Å².